The Labute approximate surface area is 116 Å². The number of rotatable bonds is 4. The number of aliphatic hydroxyl groups excluding tert-OH is 1. The summed E-state index contributed by atoms with van der Waals surface area (Å²) in [7, 11) is 0. The van der Waals surface area contributed by atoms with Crippen molar-refractivity contribution in [3.05, 3.63) is 18.2 Å². The summed E-state index contributed by atoms with van der Waals surface area (Å²) in [5, 5.41) is 12.6. The summed E-state index contributed by atoms with van der Waals surface area (Å²) in [6.07, 6.45) is 2.91. The molecule has 2 N–H and O–H groups in total. The van der Waals surface area contributed by atoms with Gasteiger partial charge in [0.2, 0.25) is 0 Å². The molecule has 0 aromatic carbocycles. The van der Waals surface area contributed by atoms with Gasteiger partial charge in [0, 0.05) is 32.0 Å². The minimum atomic E-state index is -2.61. The molecule has 1 saturated heterocycles. The van der Waals surface area contributed by atoms with E-state index in [1.54, 1.807) is 0 Å². The van der Waals surface area contributed by atoms with Crippen molar-refractivity contribution < 1.29 is 13.9 Å². The van der Waals surface area contributed by atoms with Crippen LogP contribution in [0, 0.1) is 0 Å². The molecule has 20 heavy (non-hydrogen) atoms. The van der Waals surface area contributed by atoms with E-state index in [4.69, 9.17) is 0 Å². The van der Waals surface area contributed by atoms with Gasteiger partial charge in [0.15, 0.2) is 5.96 Å². The third kappa shape index (κ3) is 3.44. The van der Waals surface area contributed by atoms with Crippen molar-refractivity contribution in [1.29, 1.82) is 0 Å². The van der Waals surface area contributed by atoms with Crippen molar-refractivity contribution >= 4 is 5.96 Å². The first-order valence-electron chi connectivity index (χ1n) is 6.63. The van der Waals surface area contributed by atoms with Crippen LogP contribution in [0.5, 0.6) is 0 Å². The molecule has 2 rings (SSSR count). The average Bonchev–Trinajstić information content (AvgIpc) is 3.03. The third-order valence-electron chi connectivity index (χ3n) is 3.13. The molecule has 1 fully saturated rings. The summed E-state index contributed by atoms with van der Waals surface area (Å²) in [6.45, 7) is 1.29. The topological polar surface area (TPSA) is 65.7 Å². The summed E-state index contributed by atoms with van der Waals surface area (Å²) in [5.41, 5.74) is 0. The molecule has 0 aliphatic carbocycles. The molecule has 0 bridgehead atoms. The Kier molecular flexibility index (Phi) is 4.89. The number of hydrogen-bond acceptors (Lipinski definition) is 3. The maximum atomic E-state index is 12.7. The lowest BCUT2D eigenvalue weighted by atomic mass is 10.3. The van der Waals surface area contributed by atoms with Crippen LogP contribution < -0.4 is 5.32 Å². The van der Waals surface area contributed by atoms with E-state index in [1.165, 1.54) is 12.4 Å². The molecule has 1 atom stereocenters. The molecule has 0 amide bonds. The molecular weight excluding hydrogens is 268 g/mol. The highest BCUT2D eigenvalue weighted by atomic mass is 19.3. The first-order chi connectivity index (χ1) is 9.61. The van der Waals surface area contributed by atoms with Gasteiger partial charge in [-0.15, -0.1) is 0 Å². The molecule has 1 aromatic rings. The molecule has 112 valence electrons. The van der Waals surface area contributed by atoms with Crippen molar-refractivity contribution in [3.63, 3.8) is 0 Å². The van der Waals surface area contributed by atoms with E-state index in [0.29, 0.717) is 32.0 Å². The van der Waals surface area contributed by atoms with Gasteiger partial charge in [0.25, 0.3) is 0 Å². The van der Waals surface area contributed by atoms with Crippen LogP contribution in [-0.4, -0.2) is 51.3 Å². The lowest BCUT2D eigenvalue weighted by Crippen LogP contribution is -2.40. The smallest absolute Gasteiger partial charge is 0.319 e. The zero-order valence-corrected chi connectivity index (χ0v) is 11.3. The molecule has 0 unspecified atom stereocenters. The fraction of sp³-hybridized carbons (Fsp3) is 0.667. The monoisotopic (exact) mass is 287 g/mol. The number of nitrogens with zero attached hydrogens (tertiary/aromatic N) is 4. The van der Waals surface area contributed by atoms with Gasteiger partial charge in [0.05, 0.1) is 6.10 Å². The predicted molar refractivity (Wildman–Crippen MR) is 70.5 cm³/mol. The van der Waals surface area contributed by atoms with Gasteiger partial charge in [-0.2, -0.15) is 8.78 Å². The van der Waals surface area contributed by atoms with Crippen molar-refractivity contribution in [2.45, 2.75) is 32.5 Å². The Balaban J connectivity index is 2.07. The highest BCUT2D eigenvalue weighted by molar-refractivity contribution is 5.80. The van der Waals surface area contributed by atoms with Gasteiger partial charge in [0.1, 0.15) is 12.4 Å². The number of aromatic nitrogens is 2. The maximum absolute atomic E-state index is 12.7. The number of nitrogens with one attached hydrogen (secondary N) is 1. The molecule has 8 heteroatoms. The number of guanidine groups is 1. The Bertz CT molecular complexity index is 462. The summed E-state index contributed by atoms with van der Waals surface area (Å²) in [4.78, 5) is 10.1. The quantitative estimate of drug-likeness (QED) is 0.635. The van der Waals surface area contributed by atoms with Gasteiger partial charge in [-0.1, -0.05) is 0 Å². The fourth-order valence-corrected chi connectivity index (χ4v) is 2.15. The molecule has 2 heterocycles. The molecule has 1 aliphatic rings. The van der Waals surface area contributed by atoms with Crippen LogP contribution in [-0.2, 0) is 6.54 Å². The lowest BCUT2D eigenvalue weighted by Gasteiger charge is -2.20. The number of alkyl halides is 2. The van der Waals surface area contributed by atoms with Crippen LogP contribution in [0.3, 0.4) is 0 Å². The molecule has 0 saturated carbocycles. The maximum Gasteiger partial charge on any atom is 0.319 e. The van der Waals surface area contributed by atoms with E-state index in [2.05, 4.69) is 15.3 Å². The standard InChI is InChI=1S/C12H19F2N5O/c1-2-15-12(18-5-3-9(20)8-18)17-7-10-16-4-6-19(10)11(13)14/h4,6,9,11,20H,2-3,5,7-8H2,1H3,(H,15,17)/t9-/m1/s1. The summed E-state index contributed by atoms with van der Waals surface area (Å²) >= 11 is 0. The second-order valence-corrected chi connectivity index (χ2v) is 4.59. The predicted octanol–water partition coefficient (Wildman–Crippen LogP) is 0.810. The van der Waals surface area contributed by atoms with Gasteiger partial charge in [-0.05, 0) is 13.3 Å². The van der Waals surface area contributed by atoms with Gasteiger partial charge >= 0.3 is 6.55 Å². The second kappa shape index (κ2) is 6.65. The highest BCUT2D eigenvalue weighted by Crippen LogP contribution is 2.14. The minimum Gasteiger partial charge on any atom is -0.391 e. The van der Waals surface area contributed by atoms with Crippen molar-refractivity contribution in [1.82, 2.24) is 19.8 Å². The van der Waals surface area contributed by atoms with E-state index >= 15 is 0 Å². The van der Waals surface area contributed by atoms with Crippen LogP contribution in [0.15, 0.2) is 17.4 Å². The van der Waals surface area contributed by atoms with Crippen LogP contribution in [0.2, 0.25) is 0 Å². The minimum absolute atomic E-state index is 0.0757. The van der Waals surface area contributed by atoms with Gasteiger partial charge in [-0.25, -0.2) is 9.98 Å². The number of likely N-dealkylation sites (tertiary alicyclic amines) is 1. The second-order valence-electron chi connectivity index (χ2n) is 4.59. The first-order valence-corrected chi connectivity index (χ1v) is 6.63. The third-order valence-corrected chi connectivity index (χ3v) is 3.13. The summed E-state index contributed by atoms with van der Waals surface area (Å²) in [6, 6.07) is 0. The zero-order valence-electron chi connectivity index (χ0n) is 11.3. The number of β-amino-alcohol motifs (C(OH)–C–C–N with tert-alkyl or cyclic N) is 1. The van der Waals surface area contributed by atoms with Crippen LogP contribution in [0.25, 0.3) is 0 Å². The largest absolute Gasteiger partial charge is 0.391 e. The molecule has 0 spiro atoms. The number of halogens is 2. The molecule has 1 aromatic heterocycles. The van der Waals surface area contributed by atoms with E-state index in [0.717, 1.165) is 4.57 Å². The van der Waals surface area contributed by atoms with Crippen LogP contribution in [0.4, 0.5) is 8.78 Å². The van der Waals surface area contributed by atoms with Crippen LogP contribution in [0.1, 0.15) is 25.7 Å². The Morgan fingerprint density at radius 1 is 1.65 bits per heavy atom. The zero-order chi connectivity index (χ0) is 14.5. The highest BCUT2D eigenvalue weighted by Gasteiger charge is 2.23. The van der Waals surface area contributed by atoms with Gasteiger partial charge < -0.3 is 15.3 Å². The molecule has 0 radical (unpaired) electrons. The lowest BCUT2D eigenvalue weighted by molar-refractivity contribution is 0.0671. The SMILES string of the molecule is CCNC(=NCc1nccn1C(F)F)N1CC[C@@H](O)C1. The summed E-state index contributed by atoms with van der Waals surface area (Å²) < 4.78 is 26.2. The van der Waals surface area contributed by atoms with Crippen molar-refractivity contribution in [2.24, 2.45) is 4.99 Å². The first kappa shape index (κ1) is 14.7. The number of imidazole rings is 1. The Morgan fingerprint density at radius 2 is 2.45 bits per heavy atom. The summed E-state index contributed by atoms with van der Waals surface area (Å²) in [5.74, 6) is 0.836. The molecule has 1 aliphatic heterocycles. The Morgan fingerprint density at radius 3 is 3.05 bits per heavy atom. The number of aliphatic imine (C=N–C) groups is 1. The average molecular weight is 287 g/mol. The van der Waals surface area contributed by atoms with Gasteiger partial charge in [-0.3, -0.25) is 4.57 Å². The van der Waals surface area contributed by atoms with E-state index in [9.17, 15) is 13.9 Å². The van der Waals surface area contributed by atoms with Crippen LogP contribution >= 0.6 is 0 Å². The fourth-order valence-electron chi connectivity index (χ4n) is 2.15. The Hall–Kier alpha value is -1.70. The number of hydrogen-bond donors (Lipinski definition) is 2. The van der Waals surface area contributed by atoms with E-state index < -0.39 is 6.55 Å². The number of aliphatic hydroxyl groups is 1. The van der Waals surface area contributed by atoms with Crippen molar-refractivity contribution in [2.75, 3.05) is 19.6 Å². The normalized spacial score (nSPS) is 19.9. The molecule has 6 nitrogen and oxygen atoms in total. The van der Waals surface area contributed by atoms with E-state index in [-0.39, 0.29) is 18.5 Å². The van der Waals surface area contributed by atoms with E-state index in [1.807, 2.05) is 11.8 Å². The van der Waals surface area contributed by atoms with Crippen molar-refractivity contribution in [3.8, 4) is 0 Å². The molecular formula is C12H19F2N5O.